The molecule has 1 aromatic carbocycles. The van der Waals surface area contributed by atoms with Crippen LogP contribution in [-0.2, 0) is 9.59 Å². The summed E-state index contributed by atoms with van der Waals surface area (Å²) in [5, 5.41) is 11.9. The smallest absolute Gasteiger partial charge is 0.326 e. The first kappa shape index (κ1) is 14.6. The van der Waals surface area contributed by atoms with Crippen molar-refractivity contribution in [1.29, 1.82) is 0 Å². The number of carboxylic acid groups (broad SMARTS) is 1. The van der Waals surface area contributed by atoms with Gasteiger partial charge in [0.25, 0.3) is 0 Å². The molecule has 4 atom stereocenters. The van der Waals surface area contributed by atoms with Gasteiger partial charge in [-0.2, -0.15) is 0 Å². The molecule has 0 aromatic heterocycles. The van der Waals surface area contributed by atoms with Crippen LogP contribution in [0.1, 0.15) is 38.2 Å². The number of hydrogen-bond donors (Lipinski definition) is 2. The number of carbonyl (C=O) groups excluding carboxylic acids is 1. The van der Waals surface area contributed by atoms with E-state index < -0.39 is 12.0 Å². The lowest BCUT2D eigenvalue weighted by Crippen LogP contribution is -2.45. The van der Waals surface area contributed by atoms with Gasteiger partial charge in [-0.3, -0.25) is 4.79 Å². The Kier molecular flexibility index (Phi) is 4.42. The third kappa shape index (κ3) is 3.18. The molecule has 0 heterocycles. The summed E-state index contributed by atoms with van der Waals surface area (Å²) in [7, 11) is 0. The molecule has 2 rings (SSSR count). The number of nitrogens with one attached hydrogen (secondary N) is 1. The molecule has 0 spiro atoms. The van der Waals surface area contributed by atoms with E-state index in [1.807, 2.05) is 44.2 Å². The lowest BCUT2D eigenvalue weighted by molar-refractivity contribution is -0.143. The number of carbonyl (C=O) groups is 2. The minimum atomic E-state index is -0.954. The number of amides is 1. The van der Waals surface area contributed by atoms with E-state index in [0.29, 0.717) is 0 Å². The highest BCUT2D eigenvalue weighted by molar-refractivity contribution is 5.87. The Labute approximate surface area is 119 Å². The molecule has 0 saturated heterocycles. The third-order valence-corrected chi connectivity index (χ3v) is 4.13. The Morgan fingerprint density at radius 2 is 2.00 bits per heavy atom. The molecule has 1 aliphatic carbocycles. The molecule has 1 aliphatic rings. The number of rotatable bonds is 6. The van der Waals surface area contributed by atoms with E-state index >= 15 is 0 Å². The van der Waals surface area contributed by atoms with Crippen LogP contribution >= 0.6 is 0 Å². The molecule has 0 radical (unpaired) electrons. The fourth-order valence-electron chi connectivity index (χ4n) is 2.50. The number of carboxylic acids is 1. The minimum absolute atomic E-state index is 0.0645. The van der Waals surface area contributed by atoms with Crippen molar-refractivity contribution < 1.29 is 14.7 Å². The van der Waals surface area contributed by atoms with Gasteiger partial charge in [0.1, 0.15) is 6.04 Å². The normalized spacial score (nSPS) is 23.7. The molecule has 1 amide bonds. The summed E-state index contributed by atoms with van der Waals surface area (Å²) in [5.74, 6) is -0.993. The van der Waals surface area contributed by atoms with Gasteiger partial charge >= 0.3 is 5.97 Å². The Morgan fingerprint density at radius 3 is 2.55 bits per heavy atom. The van der Waals surface area contributed by atoms with E-state index in [0.717, 1.165) is 18.4 Å². The maximum Gasteiger partial charge on any atom is 0.326 e. The molecule has 0 bridgehead atoms. The first-order chi connectivity index (χ1) is 9.54. The van der Waals surface area contributed by atoms with Crippen LogP contribution in [0, 0.1) is 11.8 Å². The van der Waals surface area contributed by atoms with Gasteiger partial charge < -0.3 is 10.4 Å². The fourth-order valence-corrected chi connectivity index (χ4v) is 2.50. The van der Waals surface area contributed by atoms with Crippen molar-refractivity contribution in [3.8, 4) is 0 Å². The van der Waals surface area contributed by atoms with E-state index in [1.54, 1.807) is 0 Å². The first-order valence-electron chi connectivity index (χ1n) is 7.12. The van der Waals surface area contributed by atoms with Crippen molar-refractivity contribution in [1.82, 2.24) is 5.32 Å². The van der Waals surface area contributed by atoms with E-state index in [2.05, 4.69) is 5.32 Å². The van der Waals surface area contributed by atoms with Crippen LogP contribution in [0.4, 0.5) is 0 Å². The van der Waals surface area contributed by atoms with Crippen LogP contribution < -0.4 is 5.32 Å². The van der Waals surface area contributed by atoms with Crippen molar-refractivity contribution in [2.75, 3.05) is 0 Å². The molecule has 1 saturated carbocycles. The summed E-state index contributed by atoms with van der Waals surface area (Å²) in [4.78, 5) is 23.4. The van der Waals surface area contributed by atoms with Crippen molar-refractivity contribution in [2.45, 2.75) is 38.6 Å². The Balaban J connectivity index is 1.95. The lowest BCUT2D eigenvalue weighted by Gasteiger charge is -2.20. The van der Waals surface area contributed by atoms with Gasteiger partial charge in [-0.05, 0) is 23.8 Å². The lowest BCUT2D eigenvalue weighted by atomic mass is 9.99. The van der Waals surface area contributed by atoms with Gasteiger partial charge in [0, 0.05) is 5.92 Å². The SMILES string of the molecule is CCC(C)C(NC(=O)C1CC1c1ccccc1)C(=O)O. The number of aliphatic carboxylic acids is 1. The Hall–Kier alpha value is -1.84. The molecule has 1 aromatic rings. The van der Waals surface area contributed by atoms with E-state index in [1.165, 1.54) is 0 Å². The van der Waals surface area contributed by atoms with Gasteiger partial charge in [-0.25, -0.2) is 4.79 Å². The second kappa shape index (κ2) is 6.07. The second-order valence-corrected chi connectivity index (χ2v) is 5.57. The maximum atomic E-state index is 12.1. The minimum Gasteiger partial charge on any atom is -0.480 e. The van der Waals surface area contributed by atoms with Crippen molar-refractivity contribution in [3.63, 3.8) is 0 Å². The molecule has 20 heavy (non-hydrogen) atoms. The highest BCUT2D eigenvalue weighted by Gasteiger charge is 2.45. The summed E-state index contributed by atoms with van der Waals surface area (Å²) in [5.41, 5.74) is 1.16. The molecule has 108 valence electrons. The molecule has 4 unspecified atom stereocenters. The highest BCUT2D eigenvalue weighted by Crippen LogP contribution is 2.47. The van der Waals surface area contributed by atoms with Crippen molar-refractivity contribution in [2.24, 2.45) is 11.8 Å². The Bertz CT molecular complexity index is 486. The summed E-state index contributed by atoms with van der Waals surface area (Å²) < 4.78 is 0. The fraction of sp³-hybridized carbons (Fsp3) is 0.500. The molecular weight excluding hydrogens is 254 g/mol. The monoisotopic (exact) mass is 275 g/mol. The van der Waals surface area contributed by atoms with Gasteiger partial charge in [0.2, 0.25) is 5.91 Å². The van der Waals surface area contributed by atoms with Crippen molar-refractivity contribution in [3.05, 3.63) is 35.9 Å². The Morgan fingerprint density at radius 1 is 1.35 bits per heavy atom. The van der Waals surface area contributed by atoms with E-state index in [9.17, 15) is 14.7 Å². The predicted molar refractivity (Wildman–Crippen MR) is 76.3 cm³/mol. The quantitative estimate of drug-likeness (QED) is 0.837. The molecule has 4 heteroatoms. The summed E-state index contributed by atoms with van der Waals surface area (Å²) >= 11 is 0. The zero-order chi connectivity index (χ0) is 14.7. The van der Waals surface area contributed by atoms with Crippen LogP contribution in [0.15, 0.2) is 30.3 Å². The summed E-state index contributed by atoms with van der Waals surface area (Å²) in [6.45, 7) is 3.78. The number of benzene rings is 1. The largest absolute Gasteiger partial charge is 0.480 e. The van der Waals surface area contributed by atoms with Crippen LogP contribution in [-0.4, -0.2) is 23.0 Å². The second-order valence-electron chi connectivity index (χ2n) is 5.57. The van der Waals surface area contributed by atoms with Gasteiger partial charge in [0.05, 0.1) is 0 Å². The predicted octanol–water partition coefficient (Wildman–Crippen LogP) is 2.41. The average molecular weight is 275 g/mol. The standard InChI is InChI=1S/C16H21NO3/c1-3-10(2)14(16(19)20)17-15(18)13-9-12(13)11-7-5-4-6-8-11/h4-8,10,12-14H,3,9H2,1-2H3,(H,17,18)(H,19,20). The van der Waals surface area contributed by atoms with Crippen molar-refractivity contribution >= 4 is 11.9 Å². The summed E-state index contributed by atoms with van der Waals surface area (Å²) in [6, 6.07) is 9.11. The van der Waals surface area contributed by atoms with Crippen LogP contribution in [0.3, 0.4) is 0 Å². The van der Waals surface area contributed by atoms with Crippen LogP contribution in [0.2, 0.25) is 0 Å². The zero-order valence-corrected chi connectivity index (χ0v) is 11.9. The van der Waals surface area contributed by atoms with Crippen LogP contribution in [0.5, 0.6) is 0 Å². The molecule has 0 aliphatic heterocycles. The molecule has 2 N–H and O–H groups in total. The van der Waals surface area contributed by atoms with Gasteiger partial charge in [-0.1, -0.05) is 50.6 Å². The maximum absolute atomic E-state index is 12.1. The topological polar surface area (TPSA) is 66.4 Å². The zero-order valence-electron chi connectivity index (χ0n) is 11.9. The van der Waals surface area contributed by atoms with E-state index in [4.69, 9.17) is 0 Å². The molecular formula is C16H21NO3. The van der Waals surface area contributed by atoms with E-state index in [-0.39, 0.29) is 23.7 Å². The van der Waals surface area contributed by atoms with Crippen LogP contribution in [0.25, 0.3) is 0 Å². The first-order valence-corrected chi connectivity index (χ1v) is 7.12. The highest BCUT2D eigenvalue weighted by atomic mass is 16.4. The third-order valence-electron chi connectivity index (χ3n) is 4.13. The molecule has 1 fully saturated rings. The molecule has 4 nitrogen and oxygen atoms in total. The average Bonchev–Trinajstić information content (AvgIpc) is 3.25. The van der Waals surface area contributed by atoms with Gasteiger partial charge in [-0.15, -0.1) is 0 Å². The number of hydrogen-bond acceptors (Lipinski definition) is 2. The van der Waals surface area contributed by atoms with Gasteiger partial charge in [0.15, 0.2) is 0 Å². The summed E-state index contributed by atoms with van der Waals surface area (Å²) in [6.07, 6.45) is 1.53.